The first kappa shape index (κ1) is 12.9. The maximum atomic E-state index is 13.1. The number of halogens is 1. The summed E-state index contributed by atoms with van der Waals surface area (Å²) in [5, 5.41) is 5.18. The van der Waals surface area contributed by atoms with E-state index in [9.17, 15) is 9.18 Å². The number of carbonyl (C=O) groups excluding carboxylic acids is 1. The molecule has 0 unspecified atom stereocenters. The first-order valence-electron chi connectivity index (χ1n) is 5.74. The summed E-state index contributed by atoms with van der Waals surface area (Å²) in [6.45, 7) is 1.93. The first-order valence-corrected chi connectivity index (χ1v) is 5.74. The average Bonchev–Trinajstić information content (AvgIpc) is 2.26. The van der Waals surface area contributed by atoms with Gasteiger partial charge in [0.15, 0.2) is 0 Å². The molecule has 5 heteroatoms. The molecule has 0 atom stereocenters. The molecular weight excluding hydrogens is 245 g/mol. The lowest BCUT2D eigenvalue weighted by Crippen LogP contribution is -2.19. The average molecular weight is 259 g/mol. The number of urea groups is 1. The number of anilines is 3. The Bertz CT molecular complexity index is 593. The zero-order valence-corrected chi connectivity index (χ0v) is 10.4. The summed E-state index contributed by atoms with van der Waals surface area (Å²) in [5.41, 5.74) is 7.76. The summed E-state index contributed by atoms with van der Waals surface area (Å²) in [7, 11) is 0. The zero-order chi connectivity index (χ0) is 13.8. The fourth-order valence-corrected chi connectivity index (χ4v) is 1.70. The second-order valence-electron chi connectivity index (χ2n) is 4.22. The first-order chi connectivity index (χ1) is 9.02. The van der Waals surface area contributed by atoms with E-state index in [4.69, 9.17) is 5.73 Å². The fraction of sp³-hybridized carbons (Fsp3) is 0.0714. The van der Waals surface area contributed by atoms with Crippen molar-refractivity contribution in [3.8, 4) is 0 Å². The van der Waals surface area contributed by atoms with E-state index in [0.717, 1.165) is 5.56 Å². The standard InChI is InChI=1S/C14H14FN3O/c1-9-3-2-4-12(5-9)17-14(19)18-13-7-10(15)6-11(16)8-13/h2-8H,16H2,1H3,(H2,17,18,19). The van der Waals surface area contributed by atoms with Gasteiger partial charge in [0.2, 0.25) is 0 Å². The van der Waals surface area contributed by atoms with Crippen LogP contribution >= 0.6 is 0 Å². The summed E-state index contributed by atoms with van der Waals surface area (Å²) in [6, 6.07) is 10.8. The van der Waals surface area contributed by atoms with Crippen molar-refractivity contribution in [3.05, 3.63) is 53.8 Å². The van der Waals surface area contributed by atoms with Gasteiger partial charge in [-0.05, 0) is 42.8 Å². The number of rotatable bonds is 2. The zero-order valence-electron chi connectivity index (χ0n) is 10.4. The Labute approximate surface area is 110 Å². The van der Waals surface area contributed by atoms with E-state index in [2.05, 4.69) is 10.6 Å². The number of aryl methyl sites for hydroxylation is 1. The monoisotopic (exact) mass is 259 g/mol. The molecule has 0 bridgehead atoms. The van der Waals surface area contributed by atoms with Gasteiger partial charge < -0.3 is 16.4 Å². The minimum Gasteiger partial charge on any atom is -0.399 e. The van der Waals surface area contributed by atoms with Crippen LogP contribution in [0.25, 0.3) is 0 Å². The minimum absolute atomic E-state index is 0.255. The van der Waals surface area contributed by atoms with Crippen molar-refractivity contribution in [2.75, 3.05) is 16.4 Å². The molecule has 2 aromatic carbocycles. The molecule has 4 nitrogen and oxygen atoms in total. The predicted molar refractivity (Wildman–Crippen MR) is 74.6 cm³/mol. The number of hydrogen-bond donors (Lipinski definition) is 3. The van der Waals surface area contributed by atoms with Gasteiger partial charge in [-0.1, -0.05) is 12.1 Å². The quantitative estimate of drug-likeness (QED) is 0.724. The number of benzene rings is 2. The van der Waals surface area contributed by atoms with Gasteiger partial charge in [0, 0.05) is 17.1 Å². The van der Waals surface area contributed by atoms with Crippen molar-refractivity contribution in [2.45, 2.75) is 6.92 Å². The van der Waals surface area contributed by atoms with E-state index in [-0.39, 0.29) is 5.69 Å². The lowest BCUT2D eigenvalue weighted by atomic mass is 10.2. The van der Waals surface area contributed by atoms with Gasteiger partial charge in [-0.3, -0.25) is 0 Å². The molecule has 4 N–H and O–H groups in total. The van der Waals surface area contributed by atoms with Gasteiger partial charge in [-0.25, -0.2) is 9.18 Å². The molecule has 2 amide bonds. The Morgan fingerprint density at radius 3 is 2.53 bits per heavy atom. The van der Waals surface area contributed by atoms with E-state index in [0.29, 0.717) is 11.4 Å². The van der Waals surface area contributed by atoms with E-state index in [1.54, 1.807) is 6.07 Å². The van der Waals surface area contributed by atoms with Crippen LogP contribution in [-0.2, 0) is 0 Å². The maximum absolute atomic E-state index is 13.1. The highest BCUT2D eigenvalue weighted by Gasteiger charge is 2.04. The number of hydrogen-bond acceptors (Lipinski definition) is 2. The topological polar surface area (TPSA) is 67.2 Å². The van der Waals surface area contributed by atoms with Crippen molar-refractivity contribution >= 4 is 23.1 Å². The summed E-state index contributed by atoms with van der Waals surface area (Å²) in [4.78, 5) is 11.7. The van der Waals surface area contributed by atoms with Crippen molar-refractivity contribution in [1.29, 1.82) is 0 Å². The van der Waals surface area contributed by atoms with Crippen LogP contribution in [0.5, 0.6) is 0 Å². The van der Waals surface area contributed by atoms with E-state index < -0.39 is 11.8 Å². The van der Waals surface area contributed by atoms with Crippen LogP contribution in [0.2, 0.25) is 0 Å². The van der Waals surface area contributed by atoms with Gasteiger partial charge >= 0.3 is 6.03 Å². The lowest BCUT2D eigenvalue weighted by Gasteiger charge is -2.08. The number of nitrogens with two attached hydrogens (primary N) is 1. The third-order valence-electron chi connectivity index (χ3n) is 2.45. The van der Waals surface area contributed by atoms with Crippen molar-refractivity contribution in [3.63, 3.8) is 0 Å². The van der Waals surface area contributed by atoms with Crippen molar-refractivity contribution in [2.24, 2.45) is 0 Å². The smallest absolute Gasteiger partial charge is 0.323 e. The van der Waals surface area contributed by atoms with Gasteiger partial charge in [0.05, 0.1) is 0 Å². The Hall–Kier alpha value is -2.56. The SMILES string of the molecule is Cc1cccc(NC(=O)Nc2cc(N)cc(F)c2)c1. The summed E-state index contributed by atoms with van der Waals surface area (Å²) in [6.07, 6.45) is 0. The lowest BCUT2D eigenvalue weighted by molar-refractivity contribution is 0.262. The molecule has 0 aliphatic heterocycles. The van der Waals surface area contributed by atoms with Crippen molar-refractivity contribution in [1.82, 2.24) is 0 Å². The molecule has 2 rings (SSSR count). The number of nitrogen functional groups attached to an aromatic ring is 1. The minimum atomic E-state index is -0.495. The molecule has 0 radical (unpaired) electrons. The molecule has 0 fully saturated rings. The van der Waals surface area contributed by atoms with Crippen LogP contribution in [-0.4, -0.2) is 6.03 Å². The Balaban J connectivity index is 2.05. The molecule has 0 aliphatic rings. The Morgan fingerprint density at radius 2 is 1.84 bits per heavy atom. The molecule has 0 heterocycles. The number of amides is 2. The highest BCUT2D eigenvalue weighted by atomic mass is 19.1. The van der Waals surface area contributed by atoms with Crippen LogP contribution in [0.1, 0.15) is 5.56 Å². The maximum Gasteiger partial charge on any atom is 0.323 e. The molecule has 0 saturated heterocycles. The second-order valence-corrected chi connectivity index (χ2v) is 4.22. The highest BCUT2D eigenvalue weighted by molar-refractivity contribution is 6.00. The summed E-state index contributed by atoms with van der Waals surface area (Å²) < 4.78 is 13.1. The van der Waals surface area contributed by atoms with Gasteiger partial charge in [-0.15, -0.1) is 0 Å². The normalized spacial score (nSPS) is 10.0. The second kappa shape index (κ2) is 5.39. The molecule has 19 heavy (non-hydrogen) atoms. The largest absolute Gasteiger partial charge is 0.399 e. The van der Waals surface area contributed by atoms with Crippen LogP contribution in [0.4, 0.5) is 26.2 Å². The molecule has 0 spiro atoms. The Kier molecular flexibility index (Phi) is 3.66. The number of carbonyl (C=O) groups is 1. The summed E-state index contributed by atoms with van der Waals surface area (Å²) >= 11 is 0. The predicted octanol–water partition coefficient (Wildman–Crippen LogP) is 3.36. The van der Waals surface area contributed by atoms with Crippen LogP contribution in [0, 0.1) is 12.7 Å². The summed E-state index contributed by atoms with van der Waals surface area (Å²) in [5.74, 6) is -0.495. The molecular formula is C14H14FN3O. The molecule has 2 aromatic rings. The molecule has 0 aromatic heterocycles. The highest BCUT2D eigenvalue weighted by Crippen LogP contribution is 2.16. The van der Waals surface area contributed by atoms with Crippen molar-refractivity contribution < 1.29 is 9.18 Å². The fourth-order valence-electron chi connectivity index (χ4n) is 1.70. The number of nitrogens with one attached hydrogen (secondary N) is 2. The third kappa shape index (κ3) is 3.70. The van der Waals surface area contributed by atoms with Crippen LogP contribution in [0.3, 0.4) is 0 Å². The van der Waals surface area contributed by atoms with E-state index >= 15 is 0 Å². The molecule has 0 aliphatic carbocycles. The molecule has 98 valence electrons. The van der Waals surface area contributed by atoms with E-state index in [1.165, 1.54) is 18.2 Å². The van der Waals surface area contributed by atoms with Gasteiger partial charge in [0.25, 0.3) is 0 Å². The van der Waals surface area contributed by atoms with Crippen LogP contribution < -0.4 is 16.4 Å². The van der Waals surface area contributed by atoms with Gasteiger partial charge in [-0.2, -0.15) is 0 Å². The van der Waals surface area contributed by atoms with Crippen LogP contribution in [0.15, 0.2) is 42.5 Å². The van der Waals surface area contributed by atoms with E-state index in [1.807, 2.05) is 25.1 Å². The molecule has 0 saturated carbocycles. The Morgan fingerprint density at radius 1 is 1.11 bits per heavy atom. The van der Waals surface area contributed by atoms with Gasteiger partial charge in [0.1, 0.15) is 5.82 Å². The third-order valence-corrected chi connectivity index (χ3v) is 2.45.